The van der Waals surface area contributed by atoms with Crippen molar-refractivity contribution in [1.29, 1.82) is 0 Å². The second kappa shape index (κ2) is 11.1. The Labute approximate surface area is 311 Å². The second-order valence-corrected chi connectivity index (χ2v) is 33.1. The Hall–Kier alpha value is -2.31. The van der Waals surface area contributed by atoms with Crippen LogP contribution < -0.4 is 6.54 Å². The number of fused-ring (bicyclic) bond motifs is 5. The molecule has 0 spiro atoms. The summed E-state index contributed by atoms with van der Waals surface area (Å²) in [6, 6.07) is 28.3. The number of halogens is 2. The van der Waals surface area contributed by atoms with Crippen LogP contribution in [0.2, 0.25) is 10.0 Å². The van der Waals surface area contributed by atoms with Crippen LogP contribution >= 0.6 is 23.2 Å². The fraction of sp³-hybridized carbons (Fsp3) is 0.383. The zero-order valence-electron chi connectivity index (χ0n) is 31.2. The molecule has 0 N–H and O–H groups in total. The average Bonchev–Trinajstić information content (AvgIpc) is 3.73. The Kier molecular flexibility index (Phi) is 7.72. The van der Waals surface area contributed by atoms with E-state index in [1.54, 1.807) is 0 Å². The molecule has 258 valence electrons. The predicted octanol–water partition coefficient (Wildman–Crippen LogP) is 12.4. The molecule has 0 unspecified atom stereocenters. The Morgan fingerprint density at radius 1 is 0.560 bits per heavy atom. The molecule has 4 aliphatic carbocycles. The van der Waals surface area contributed by atoms with Crippen molar-refractivity contribution >= 4 is 34.0 Å². The molecule has 0 saturated carbocycles. The minimum absolute atomic E-state index is 0.0869. The van der Waals surface area contributed by atoms with Gasteiger partial charge in [0.2, 0.25) is 0 Å². The van der Waals surface area contributed by atoms with Crippen molar-refractivity contribution < 1.29 is 18.3 Å². The molecule has 0 saturated heterocycles. The van der Waals surface area contributed by atoms with E-state index in [0.717, 1.165) is 16.5 Å². The molecule has 8 rings (SSSR count). The first-order valence-electron chi connectivity index (χ1n) is 18.7. The van der Waals surface area contributed by atoms with Crippen LogP contribution in [0.3, 0.4) is 0 Å². The van der Waals surface area contributed by atoms with Gasteiger partial charge in [-0.1, -0.05) is 0 Å². The van der Waals surface area contributed by atoms with Crippen molar-refractivity contribution in [3.05, 3.63) is 138 Å². The summed E-state index contributed by atoms with van der Waals surface area (Å²) in [6.07, 6.45) is 12.7. The van der Waals surface area contributed by atoms with Crippen LogP contribution in [0, 0.1) is 0 Å². The molecule has 0 bridgehead atoms. The molecule has 4 aromatic rings. The molecule has 4 aromatic carbocycles. The third-order valence-corrected chi connectivity index (χ3v) is 31.9. The first-order valence-corrected chi connectivity index (χ1v) is 26.3. The summed E-state index contributed by atoms with van der Waals surface area (Å²) in [5.74, 6) is 0. The van der Waals surface area contributed by atoms with E-state index in [-0.39, 0.29) is 25.3 Å². The Morgan fingerprint density at radius 2 is 0.920 bits per heavy atom. The molecule has 0 aromatic heterocycles. The Morgan fingerprint density at radius 3 is 1.26 bits per heavy atom. The van der Waals surface area contributed by atoms with Gasteiger partial charge in [-0.15, -0.1) is 0 Å². The molecule has 50 heavy (non-hydrogen) atoms. The summed E-state index contributed by atoms with van der Waals surface area (Å²) in [7, 11) is 0. The van der Waals surface area contributed by atoms with Crippen LogP contribution in [0.25, 0.3) is 11.1 Å². The normalized spacial score (nSPS) is 21.2. The molecule has 0 heterocycles. The number of benzene rings is 4. The summed E-state index contributed by atoms with van der Waals surface area (Å²) in [5.41, 5.74) is 12.3. The van der Waals surface area contributed by atoms with Crippen LogP contribution in [-0.2, 0) is 40.0 Å². The number of rotatable bonds is 4. The molecule has 0 amide bonds. The van der Waals surface area contributed by atoms with E-state index in [2.05, 4.69) is 146 Å². The van der Waals surface area contributed by atoms with Crippen molar-refractivity contribution in [2.75, 3.05) is 0 Å². The monoisotopic (exact) mass is 776 g/mol. The van der Waals surface area contributed by atoms with E-state index in [0.29, 0.717) is 0 Å². The van der Waals surface area contributed by atoms with E-state index in [9.17, 15) is 0 Å². The average molecular weight is 779 g/mol. The zero-order chi connectivity index (χ0) is 35.7. The van der Waals surface area contributed by atoms with Crippen LogP contribution in [0.1, 0.15) is 125 Å². The van der Waals surface area contributed by atoms with E-state index >= 15 is 0 Å². The first-order chi connectivity index (χ1) is 23.4. The van der Waals surface area contributed by atoms with E-state index < -0.39 is 18.3 Å². The molecule has 3 heteroatoms. The second-order valence-electron chi connectivity index (χ2n) is 18.8. The summed E-state index contributed by atoms with van der Waals surface area (Å²) in [5, 5.41) is 1.52. The maximum atomic E-state index is 6.69. The number of allylic oxidation sites excluding steroid dienone is 4. The molecule has 0 nitrogen and oxygen atoms in total. The zero-order valence-corrected chi connectivity index (χ0v) is 35.2. The SMILES string of the molecule is [CH2]=[Zr]([C]1=CC=CC1)([c]1ccc(Cl)cc1)([c]1ccc(Cl)cc1)[CH]1c2cc3c(cc2-c2cc4c(cc21)C(C)(C)CCC4(C)C)C(C)(C)CCC3(C)C. The first kappa shape index (κ1) is 34.8. The minimum atomic E-state index is -5.00. The van der Waals surface area contributed by atoms with Gasteiger partial charge in [0, 0.05) is 0 Å². The van der Waals surface area contributed by atoms with Crippen LogP contribution in [0.4, 0.5) is 0 Å². The topological polar surface area (TPSA) is 0 Å². The van der Waals surface area contributed by atoms with Gasteiger partial charge in [0.15, 0.2) is 0 Å². The summed E-state index contributed by atoms with van der Waals surface area (Å²) in [4.78, 5) is 0. The summed E-state index contributed by atoms with van der Waals surface area (Å²) < 4.78 is 10.1. The van der Waals surface area contributed by atoms with E-state index in [1.807, 2.05) is 0 Å². The van der Waals surface area contributed by atoms with Gasteiger partial charge in [-0.2, -0.15) is 0 Å². The Balaban J connectivity index is 1.59. The third kappa shape index (κ3) is 4.74. The number of hydrogen-bond acceptors (Lipinski definition) is 0. The van der Waals surface area contributed by atoms with Crippen molar-refractivity contribution in [3.8, 4) is 11.1 Å². The summed E-state index contributed by atoms with van der Waals surface area (Å²) in [6.45, 7) is 19.7. The van der Waals surface area contributed by atoms with Gasteiger partial charge in [-0.3, -0.25) is 0 Å². The fourth-order valence-electron chi connectivity index (χ4n) is 10.6. The van der Waals surface area contributed by atoms with Crippen LogP contribution in [0.5, 0.6) is 0 Å². The van der Waals surface area contributed by atoms with Crippen molar-refractivity contribution in [3.63, 3.8) is 0 Å². The van der Waals surface area contributed by atoms with Crippen molar-refractivity contribution in [2.45, 2.75) is 113 Å². The fourth-order valence-corrected chi connectivity index (χ4v) is 27.8. The van der Waals surface area contributed by atoms with Gasteiger partial charge < -0.3 is 0 Å². The van der Waals surface area contributed by atoms with Crippen molar-refractivity contribution in [1.82, 2.24) is 0 Å². The third-order valence-electron chi connectivity index (χ3n) is 14.1. The maximum absolute atomic E-state index is 6.69. The standard InChI is InChI=1S/C29H37.2C6H4Cl.C5H5.CH2.Zr/c1-26(2)9-11-28(5,6)24-16-20-18(14-22(24)26)13-19-15-23-25(17-21(19)20)29(7,8)12-10-27(23,3)4;2*7-6-4-2-1-3-5-6;1-2-4-5-3-1;;/h13-17H,9-12H2,1-8H3;2*2-5H;1-3H,4H2;1H2;. The molecule has 0 fully saturated rings. The molecular formula is C47H52Cl2Zr. The van der Waals surface area contributed by atoms with Gasteiger partial charge in [0.05, 0.1) is 0 Å². The van der Waals surface area contributed by atoms with Crippen molar-refractivity contribution in [2.24, 2.45) is 0 Å². The van der Waals surface area contributed by atoms with Gasteiger partial charge >= 0.3 is 314 Å². The molecule has 4 aliphatic rings. The van der Waals surface area contributed by atoms with E-state index in [1.165, 1.54) is 80.0 Å². The Bertz CT molecular complexity index is 2070. The molecular weight excluding hydrogens is 727 g/mol. The van der Waals surface area contributed by atoms with Crippen LogP contribution in [0.15, 0.2) is 94.3 Å². The molecule has 0 radical (unpaired) electrons. The van der Waals surface area contributed by atoms with Gasteiger partial charge in [0.25, 0.3) is 0 Å². The predicted molar refractivity (Wildman–Crippen MR) is 215 cm³/mol. The molecule has 0 atom stereocenters. The van der Waals surface area contributed by atoms with Gasteiger partial charge in [0.1, 0.15) is 0 Å². The summed E-state index contributed by atoms with van der Waals surface area (Å²) >= 11 is 8.38. The van der Waals surface area contributed by atoms with Gasteiger partial charge in [-0.05, 0) is 0 Å². The van der Waals surface area contributed by atoms with Crippen LogP contribution in [-0.4, -0.2) is 4.21 Å². The van der Waals surface area contributed by atoms with E-state index in [4.69, 9.17) is 27.4 Å². The van der Waals surface area contributed by atoms with Gasteiger partial charge in [-0.25, -0.2) is 0 Å². The number of hydrogen-bond donors (Lipinski definition) is 0. The quantitative estimate of drug-likeness (QED) is 0.194. The molecule has 0 aliphatic heterocycles.